The maximum atomic E-state index is 11.1. The predicted octanol–water partition coefficient (Wildman–Crippen LogP) is 0.561. The van der Waals surface area contributed by atoms with E-state index >= 15 is 0 Å². The molecule has 0 heterocycles. The largest absolute Gasteiger partial charge is 0.461 e. The van der Waals surface area contributed by atoms with E-state index in [1.807, 2.05) is 0 Å². The van der Waals surface area contributed by atoms with Gasteiger partial charge in [-0.1, -0.05) is 13.2 Å². The van der Waals surface area contributed by atoms with Crippen molar-refractivity contribution in [3.8, 4) is 0 Å². The van der Waals surface area contributed by atoms with E-state index in [9.17, 15) is 14.4 Å². The first-order valence-corrected chi connectivity index (χ1v) is 5.49. The lowest BCUT2D eigenvalue weighted by molar-refractivity contribution is -0.140. The van der Waals surface area contributed by atoms with Crippen LogP contribution in [0.1, 0.15) is 6.92 Å². The topological polar surface area (TPSA) is 90.9 Å². The number of hydrogen-bond donors (Lipinski definition) is 1. The smallest absolute Gasteiger partial charge is 0.407 e. The third-order valence-corrected chi connectivity index (χ3v) is 1.68. The molecule has 0 aromatic heterocycles. The summed E-state index contributed by atoms with van der Waals surface area (Å²) < 4.78 is 14.0. The monoisotopic (exact) mass is 271 g/mol. The summed E-state index contributed by atoms with van der Waals surface area (Å²) in [6.07, 6.45) is 0.329. The van der Waals surface area contributed by atoms with Gasteiger partial charge in [0.1, 0.15) is 19.8 Å². The van der Waals surface area contributed by atoms with Crippen LogP contribution in [0.2, 0.25) is 0 Å². The molecule has 1 amide bonds. The minimum absolute atomic E-state index is 0.0185. The molecular weight excluding hydrogens is 254 g/mol. The fourth-order valence-electron chi connectivity index (χ4n) is 0.807. The van der Waals surface area contributed by atoms with Crippen molar-refractivity contribution in [3.63, 3.8) is 0 Å². The van der Waals surface area contributed by atoms with Crippen LogP contribution in [0.15, 0.2) is 24.8 Å². The Kier molecular flexibility index (Phi) is 8.51. The lowest BCUT2D eigenvalue weighted by atomic mass is 10.4. The van der Waals surface area contributed by atoms with Crippen LogP contribution in [-0.4, -0.2) is 44.4 Å². The average Bonchev–Trinajstić information content (AvgIpc) is 2.38. The number of hydrogen-bond acceptors (Lipinski definition) is 6. The van der Waals surface area contributed by atoms with Crippen molar-refractivity contribution in [1.82, 2.24) is 5.32 Å². The average molecular weight is 271 g/mol. The minimum Gasteiger partial charge on any atom is -0.461 e. The van der Waals surface area contributed by atoms with E-state index in [1.165, 1.54) is 6.92 Å². The van der Waals surface area contributed by atoms with Crippen LogP contribution in [0.5, 0.6) is 0 Å². The molecule has 0 rings (SSSR count). The molecule has 0 spiro atoms. The third-order valence-electron chi connectivity index (χ3n) is 1.68. The fraction of sp³-hybridized carbons (Fsp3) is 0.417. The van der Waals surface area contributed by atoms with Crippen molar-refractivity contribution < 1.29 is 28.6 Å². The summed E-state index contributed by atoms with van der Waals surface area (Å²) in [7, 11) is 0. The zero-order chi connectivity index (χ0) is 14.7. The number of amides is 1. The van der Waals surface area contributed by atoms with Gasteiger partial charge >= 0.3 is 18.0 Å². The summed E-state index contributed by atoms with van der Waals surface area (Å²) in [6, 6.07) is 0. The molecule has 0 aliphatic carbocycles. The van der Waals surface area contributed by atoms with Crippen LogP contribution in [0.25, 0.3) is 0 Å². The Bertz CT molecular complexity index is 363. The van der Waals surface area contributed by atoms with Crippen LogP contribution in [0.4, 0.5) is 4.79 Å². The quantitative estimate of drug-likeness (QED) is 0.300. The van der Waals surface area contributed by atoms with Crippen LogP contribution >= 0.6 is 0 Å². The van der Waals surface area contributed by atoms with Crippen LogP contribution in [0, 0.1) is 0 Å². The number of carbonyl (C=O) groups is 3. The van der Waals surface area contributed by atoms with Gasteiger partial charge in [-0.25, -0.2) is 14.4 Å². The van der Waals surface area contributed by atoms with Gasteiger partial charge in [-0.05, 0) is 6.92 Å². The fourth-order valence-corrected chi connectivity index (χ4v) is 0.807. The van der Waals surface area contributed by atoms with Crippen molar-refractivity contribution in [2.75, 3.05) is 26.4 Å². The molecule has 19 heavy (non-hydrogen) atoms. The van der Waals surface area contributed by atoms with E-state index in [4.69, 9.17) is 4.74 Å². The van der Waals surface area contributed by atoms with Gasteiger partial charge in [0.2, 0.25) is 0 Å². The second kappa shape index (κ2) is 9.69. The standard InChI is InChI=1S/C12H17NO6/c1-4-10(14)17-6-5-13-12(16)19-8-7-18-11(15)9(2)3/h4H,1-2,5-8H2,3H3,(H,13,16). The highest BCUT2D eigenvalue weighted by Gasteiger charge is 2.05. The van der Waals surface area contributed by atoms with Crippen LogP contribution in [0.3, 0.4) is 0 Å². The second-order valence-corrected chi connectivity index (χ2v) is 3.35. The number of rotatable bonds is 8. The van der Waals surface area contributed by atoms with Gasteiger partial charge in [-0.15, -0.1) is 0 Å². The molecule has 0 aliphatic heterocycles. The van der Waals surface area contributed by atoms with E-state index in [2.05, 4.69) is 27.9 Å². The van der Waals surface area contributed by atoms with E-state index in [-0.39, 0.29) is 31.9 Å². The normalized spacial score (nSPS) is 9.11. The molecule has 106 valence electrons. The highest BCUT2D eigenvalue weighted by Crippen LogP contribution is 1.91. The Morgan fingerprint density at radius 1 is 1.11 bits per heavy atom. The molecule has 0 saturated carbocycles. The zero-order valence-electron chi connectivity index (χ0n) is 10.8. The summed E-state index contributed by atoms with van der Waals surface area (Å²) in [6.45, 7) is 8.14. The van der Waals surface area contributed by atoms with Crippen molar-refractivity contribution >= 4 is 18.0 Å². The molecule has 0 fully saturated rings. The third kappa shape index (κ3) is 9.40. The molecule has 7 heteroatoms. The van der Waals surface area contributed by atoms with E-state index in [1.54, 1.807) is 0 Å². The molecular formula is C12H17NO6. The van der Waals surface area contributed by atoms with Crippen LogP contribution < -0.4 is 5.32 Å². The lowest BCUT2D eigenvalue weighted by Crippen LogP contribution is -2.29. The molecule has 0 aromatic rings. The molecule has 0 atom stereocenters. The Labute approximate surface area is 111 Å². The van der Waals surface area contributed by atoms with E-state index < -0.39 is 18.0 Å². The van der Waals surface area contributed by atoms with Gasteiger partial charge in [0.25, 0.3) is 0 Å². The molecule has 0 bridgehead atoms. The predicted molar refractivity (Wildman–Crippen MR) is 66.3 cm³/mol. The van der Waals surface area contributed by atoms with E-state index in [0.29, 0.717) is 0 Å². The summed E-state index contributed by atoms with van der Waals surface area (Å²) in [5.74, 6) is -1.11. The van der Waals surface area contributed by atoms with Gasteiger partial charge in [-0.3, -0.25) is 0 Å². The van der Waals surface area contributed by atoms with Crippen molar-refractivity contribution in [2.24, 2.45) is 0 Å². The molecule has 0 aromatic carbocycles. The maximum absolute atomic E-state index is 11.1. The highest BCUT2D eigenvalue weighted by molar-refractivity contribution is 5.86. The molecule has 7 nitrogen and oxygen atoms in total. The first-order chi connectivity index (χ1) is 8.97. The number of ether oxygens (including phenoxy) is 3. The minimum atomic E-state index is -0.693. The van der Waals surface area contributed by atoms with Crippen molar-refractivity contribution in [3.05, 3.63) is 24.8 Å². The van der Waals surface area contributed by atoms with Gasteiger partial charge in [0, 0.05) is 11.6 Å². The number of esters is 2. The van der Waals surface area contributed by atoms with E-state index in [0.717, 1.165) is 6.08 Å². The molecule has 1 N–H and O–H groups in total. The summed E-state index contributed by atoms with van der Waals surface area (Å²) in [5, 5.41) is 2.34. The highest BCUT2D eigenvalue weighted by atomic mass is 16.6. The van der Waals surface area contributed by atoms with Gasteiger partial charge in [-0.2, -0.15) is 0 Å². The SMILES string of the molecule is C=CC(=O)OCCNC(=O)OCCOC(=O)C(=C)C. The van der Waals surface area contributed by atoms with Crippen molar-refractivity contribution in [2.45, 2.75) is 6.92 Å². The molecule has 0 saturated heterocycles. The number of carbonyl (C=O) groups excluding carboxylic acids is 3. The Hall–Kier alpha value is -2.31. The molecule has 0 aliphatic rings. The molecule has 0 radical (unpaired) electrons. The van der Waals surface area contributed by atoms with Gasteiger partial charge in [0.15, 0.2) is 0 Å². The second-order valence-electron chi connectivity index (χ2n) is 3.35. The van der Waals surface area contributed by atoms with Gasteiger partial charge < -0.3 is 19.5 Å². The van der Waals surface area contributed by atoms with Crippen LogP contribution in [-0.2, 0) is 23.8 Å². The first-order valence-electron chi connectivity index (χ1n) is 5.49. The Morgan fingerprint density at radius 3 is 2.32 bits per heavy atom. The maximum Gasteiger partial charge on any atom is 0.407 e. The number of nitrogens with one attached hydrogen (secondary N) is 1. The zero-order valence-corrected chi connectivity index (χ0v) is 10.8. The number of alkyl carbamates (subject to hydrolysis) is 1. The Balaban J connectivity index is 3.50. The summed E-state index contributed by atoms with van der Waals surface area (Å²) in [5.41, 5.74) is 0.272. The first kappa shape index (κ1) is 16.7. The van der Waals surface area contributed by atoms with Crippen molar-refractivity contribution in [1.29, 1.82) is 0 Å². The summed E-state index contributed by atoms with van der Waals surface area (Å²) >= 11 is 0. The lowest BCUT2D eigenvalue weighted by Gasteiger charge is -2.07. The Morgan fingerprint density at radius 2 is 1.74 bits per heavy atom. The summed E-state index contributed by atoms with van der Waals surface area (Å²) in [4.78, 5) is 32.7. The van der Waals surface area contributed by atoms with Gasteiger partial charge in [0.05, 0.1) is 6.54 Å². The molecule has 0 unspecified atom stereocenters.